The zero-order valence-electron chi connectivity index (χ0n) is 14.0. The van der Waals surface area contributed by atoms with Gasteiger partial charge in [-0.2, -0.15) is 5.26 Å². The number of piperidine rings is 1. The van der Waals surface area contributed by atoms with E-state index in [4.69, 9.17) is 5.26 Å². The molecule has 1 atom stereocenters. The van der Waals surface area contributed by atoms with Gasteiger partial charge in [0.15, 0.2) is 0 Å². The van der Waals surface area contributed by atoms with Crippen LogP contribution < -0.4 is 0 Å². The zero-order chi connectivity index (χ0) is 16.8. The zero-order valence-corrected chi connectivity index (χ0v) is 14.0. The first-order chi connectivity index (χ1) is 11.0. The predicted octanol–water partition coefficient (Wildman–Crippen LogP) is 2.22. The number of benzene rings is 1. The van der Waals surface area contributed by atoms with Gasteiger partial charge in [-0.15, -0.1) is 0 Å². The first kappa shape index (κ1) is 17.9. The lowest BCUT2D eigenvalue weighted by molar-refractivity contribution is 0.0918. The van der Waals surface area contributed by atoms with Crippen LogP contribution in [0, 0.1) is 23.1 Å². The van der Waals surface area contributed by atoms with E-state index in [0.29, 0.717) is 23.6 Å². The van der Waals surface area contributed by atoms with Crippen molar-refractivity contribution in [2.75, 3.05) is 33.2 Å². The summed E-state index contributed by atoms with van der Waals surface area (Å²) in [4.78, 5) is 4.46. The van der Waals surface area contributed by atoms with Crippen molar-refractivity contribution < 1.29 is 9.50 Å². The Morgan fingerprint density at radius 1 is 1.43 bits per heavy atom. The Labute approximate surface area is 138 Å². The maximum Gasteiger partial charge on any atom is 0.129 e. The number of β-amino-alcohol motifs (C(OH)–C–C–N with tert-alkyl or cyclic N) is 1. The number of hydrogen-bond donors (Lipinski definition) is 1. The number of aliphatic hydroxyl groups is 1. The third-order valence-corrected chi connectivity index (χ3v) is 4.42. The van der Waals surface area contributed by atoms with Gasteiger partial charge in [-0.1, -0.05) is 6.07 Å². The maximum absolute atomic E-state index is 13.9. The highest BCUT2D eigenvalue weighted by Crippen LogP contribution is 2.20. The van der Waals surface area contributed by atoms with Crippen LogP contribution in [0.25, 0.3) is 0 Å². The summed E-state index contributed by atoms with van der Waals surface area (Å²) in [5, 5.41) is 18.2. The van der Waals surface area contributed by atoms with Gasteiger partial charge in [0.1, 0.15) is 5.82 Å². The molecule has 2 rings (SSSR count). The minimum atomic E-state index is -0.303. The lowest BCUT2D eigenvalue weighted by Gasteiger charge is -2.34. The summed E-state index contributed by atoms with van der Waals surface area (Å²) in [6.45, 7) is 6.13. The lowest BCUT2D eigenvalue weighted by Crippen LogP contribution is -2.40. The maximum atomic E-state index is 13.9. The smallest absolute Gasteiger partial charge is 0.129 e. The molecule has 0 amide bonds. The fraction of sp³-hybridized carbons (Fsp3) is 0.611. The molecule has 1 N–H and O–H groups in total. The summed E-state index contributed by atoms with van der Waals surface area (Å²) >= 11 is 0. The molecule has 1 heterocycles. The van der Waals surface area contributed by atoms with Crippen LogP contribution in [0.4, 0.5) is 4.39 Å². The molecule has 23 heavy (non-hydrogen) atoms. The lowest BCUT2D eigenvalue weighted by atomic mass is 9.96. The van der Waals surface area contributed by atoms with E-state index in [1.807, 2.05) is 20.0 Å². The standard InChI is InChI=1S/C18H26FN3O/c1-14(23)11-22-7-5-15(6-8-22)12-21(2)13-17-4-3-16(10-20)9-18(17)19/h3-4,9,14-15,23H,5-8,11-13H2,1-2H3/t14-/m0/s1. The molecule has 1 aliphatic rings. The molecule has 5 heteroatoms. The van der Waals surface area contributed by atoms with Gasteiger partial charge < -0.3 is 14.9 Å². The van der Waals surface area contributed by atoms with Crippen LogP contribution in [0.2, 0.25) is 0 Å². The van der Waals surface area contributed by atoms with Crippen molar-refractivity contribution in [1.29, 1.82) is 5.26 Å². The van der Waals surface area contributed by atoms with Crippen molar-refractivity contribution in [1.82, 2.24) is 9.80 Å². The van der Waals surface area contributed by atoms with Crippen LogP contribution in [0.1, 0.15) is 30.9 Å². The van der Waals surface area contributed by atoms with E-state index in [0.717, 1.165) is 39.0 Å². The predicted molar refractivity (Wildman–Crippen MR) is 88.3 cm³/mol. The third-order valence-electron chi connectivity index (χ3n) is 4.42. The average Bonchev–Trinajstić information content (AvgIpc) is 2.50. The Morgan fingerprint density at radius 2 is 2.13 bits per heavy atom. The van der Waals surface area contributed by atoms with Crippen LogP contribution in [-0.2, 0) is 6.54 Å². The summed E-state index contributed by atoms with van der Waals surface area (Å²) in [6, 6.07) is 6.63. The van der Waals surface area contributed by atoms with E-state index in [1.54, 1.807) is 12.1 Å². The summed E-state index contributed by atoms with van der Waals surface area (Å²) in [5.41, 5.74) is 0.998. The molecule has 0 aliphatic carbocycles. The molecule has 1 aliphatic heterocycles. The topological polar surface area (TPSA) is 50.5 Å². The van der Waals surface area contributed by atoms with Crippen molar-refractivity contribution >= 4 is 0 Å². The summed E-state index contributed by atoms with van der Waals surface area (Å²) in [6.07, 6.45) is 1.97. The van der Waals surface area contributed by atoms with E-state index in [2.05, 4.69) is 9.80 Å². The molecule has 0 radical (unpaired) electrons. The molecule has 1 aromatic carbocycles. The van der Waals surface area contributed by atoms with Gasteiger partial charge >= 0.3 is 0 Å². The summed E-state index contributed by atoms with van der Waals surface area (Å²) in [7, 11) is 2.01. The van der Waals surface area contributed by atoms with Gasteiger partial charge in [0.2, 0.25) is 0 Å². The van der Waals surface area contributed by atoms with Gasteiger partial charge in [-0.3, -0.25) is 0 Å². The highest BCUT2D eigenvalue weighted by molar-refractivity contribution is 5.32. The molecular weight excluding hydrogens is 293 g/mol. The van der Waals surface area contributed by atoms with Crippen LogP contribution in [0.3, 0.4) is 0 Å². The van der Waals surface area contributed by atoms with Gasteiger partial charge in [-0.05, 0) is 58.0 Å². The first-order valence-electron chi connectivity index (χ1n) is 8.25. The van der Waals surface area contributed by atoms with E-state index >= 15 is 0 Å². The number of nitriles is 1. The number of likely N-dealkylation sites (tertiary alicyclic amines) is 1. The Kier molecular flexibility index (Phi) is 6.52. The fourth-order valence-electron chi connectivity index (χ4n) is 3.27. The Bertz CT molecular complexity index is 548. The molecule has 1 fully saturated rings. The van der Waals surface area contributed by atoms with Crippen molar-refractivity contribution in [3.05, 3.63) is 35.1 Å². The highest BCUT2D eigenvalue weighted by atomic mass is 19.1. The van der Waals surface area contributed by atoms with Crippen molar-refractivity contribution in [3.8, 4) is 6.07 Å². The highest BCUT2D eigenvalue weighted by Gasteiger charge is 2.21. The number of nitrogens with zero attached hydrogens (tertiary/aromatic N) is 3. The Hall–Kier alpha value is -1.48. The SMILES string of the molecule is C[C@H](O)CN1CCC(CN(C)Cc2ccc(C#N)cc2F)CC1. The molecule has 1 saturated heterocycles. The van der Waals surface area contributed by atoms with Crippen LogP contribution in [0.15, 0.2) is 18.2 Å². The number of halogens is 1. The minimum Gasteiger partial charge on any atom is -0.392 e. The molecular formula is C18H26FN3O. The molecule has 126 valence electrons. The van der Waals surface area contributed by atoms with Crippen LogP contribution in [0.5, 0.6) is 0 Å². The Morgan fingerprint density at radius 3 is 2.70 bits per heavy atom. The average molecular weight is 319 g/mol. The molecule has 4 nitrogen and oxygen atoms in total. The largest absolute Gasteiger partial charge is 0.392 e. The van der Waals surface area contributed by atoms with Gasteiger partial charge in [0.05, 0.1) is 17.7 Å². The number of hydrogen-bond acceptors (Lipinski definition) is 4. The van der Waals surface area contributed by atoms with Crippen molar-refractivity contribution in [2.24, 2.45) is 5.92 Å². The van der Waals surface area contributed by atoms with Crippen molar-refractivity contribution in [2.45, 2.75) is 32.4 Å². The molecule has 0 unspecified atom stereocenters. The van der Waals surface area contributed by atoms with E-state index in [9.17, 15) is 9.50 Å². The molecule has 0 aromatic heterocycles. The number of aliphatic hydroxyl groups excluding tert-OH is 1. The van der Waals surface area contributed by atoms with Crippen LogP contribution >= 0.6 is 0 Å². The summed E-state index contributed by atoms with van der Waals surface area (Å²) < 4.78 is 13.9. The number of rotatable bonds is 6. The second kappa shape index (κ2) is 8.39. The van der Waals surface area contributed by atoms with Gasteiger partial charge in [-0.25, -0.2) is 4.39 Å². The second-order valence-corrected chi connectivity index (χ2v) is 6.71. The molecule has 0 saturated carbocycles. The van der Waals surface area contributed by atoms with Gasteiger partial charge in [0.25, 0.3) is 0 Å². The molecule has 0 bridgehead atoms. The Balaban J connectivity index is 1.80. The first-order valence-corrected chi connectivity index (χ1v) is 8.25. The summed E-state index contributed by atoms with van der Waals surface area (Å²) in [5.74, 6) is 0.314. The quantitative estimate of drug-likeness (QED) is 0.873. The van der Waals surface area contributed by atoms with E-state index < -0.39 is 0 Å². The van der Waals surface area contributed by atoms with Gasteiger partial charge in [0, 0.05) is 25.2 Å². The minimum absolute atomic E-state index is 0.270. The van der Waals surface area contributed by atoms with Crippen LogP contribution in [-0.4, -0.2) is 54.2 Å². The normalized spacial score (nSPS) is 18.1. The monoisotopic (exact) mass is 319 g/mol. The third kappa shape index (κ3) is 5.58. The van der Waals surface area contributed by atoms with Crippen molar-refractivity contribution in [3.63, 3.8) is 0 Å². The fourth-order valence-corrected chi connectivity index (χ4v) is 3.27. The second-order valence-electron chi connectivity index (χ2n) is 6.71. The van der Waals surface area contributed by atoms with E-state index in [1.165, 1.54) is 6.07 Å². The molecule has 1 aromatic rings. The molecule has 0 spiro atoms. The van der Waals surface area contributed by atoms with E-state index in [-0.39, 0.29) is 11.9 Å².